The smallest absolute Gasteiger partial charge is 0.310 e. The molecule has 2 fully saturated rings. The van der Waals surface area contributed by atoms with Crippen molar-refractivity contribution in [3.63, 3.8) is 0 Å². The number of para-hydroxylation sites is 1. The number of carbonyl (C=O) groups is 3. The monoisotopic (exact) mass is 557 g/mol. The zero-order valence-electron chi connectivity index (χ0n) is 23.5. The lowest BCUT2D eigenvalue weighted by atomic mass is 9.87. The van der Waals surface area contributed by atoms with Gasteiger partial charge in [0.15, 0.2) is 0 Å². The molecule has 0 unspecified atom stereocenters. The van der Waals surface area contributed by atoms with Gasteiger partial charge in [-0.1, -0.05) is 38.1 Å². The standard InChI is InChI=1S/C31H35N5O3S/c1-30(2)20-34(27(37)19-33-13-15-40-16-14-33)26-17-22(9-10-24(26)30)36-28(38)31(3,4)35(29(36)39)18-21-11-12-32-25-8-6-5-7-23(21)25/h5-12,17H,13-16,18-20H2,1-4H3. The first-order valence-electron chi connectivity index (χ1n) is 13.8. The molecule has 8 nitrogen and oxygen atoms in total. The van der Waals surface area contributed by atoms with Crippen LogP contribution in [0.25, 0.3) is 10.9 Å². The van der Waals surface area contributed by atoms with E-state index in [4.69, 9.17) is 0 Å². The van der Waals surface area contributed by atoms with Crippen molar-refractivity contribution < 1.29 is 14.4 Å². The van der Waals surface area contributed by atoms with Crippen LogP contribution in [0, 0.1) is 0 Å². The lowest BCUT2D eigenvalue weighted by Crippen LogP contribution is -2.44. The van der Waals surface area contributed by atoms with Gasteiger partial charge in [0, 0.05) is 60.4 Å². The Morgan fingerprint density at radius 3 is 2.52 bits per heavy atom. The van der Waals surface area contributed by atoms with Crippen LogP contribution in [-0.2, 0) is 21.5 Å². The van der Waals surface area contributed by atoms with Gasteiger partial charge in [-0.15, -0.1) is 0 Å². The highest BCUT2D eigenvalue weighted by molar-refractivity contribution is 7.99. The molecule has 40 heavy (non-hydrogen) atoms. The van der Waals surface area contributed by atoms with Gasteiger partial charge in [-0.3, -0.25) is 19.5 Å². The maximum Gasteiger partial charge on any atom is 0.332 e. The van der Waals surface area contributed by atoms with E-state index in [9.17, 15) is 14.4 Å². The summed E-state index contributed by atoms with van der Waals surface area (Å²) >= 11 is 1.92. The van der Waals surface area contributed by atoms with E-state index in [0.29, 0.717) is 18.8 Å². The van der Waals surface area contributed by atoms with Crippen molar-refractivity contribution in [1.29, 1.82) is 0 Å². The minimum atomic E-state index is -1.04. The second kappa shape index (κ2) is 9.89. The van der Waals surface area contributed by atoms with Crippen molar-refractivity contribution in [3.05, 3.63) is 65.9 Å². The Balaban J connectivity index is 1.31. The van der Waals surface area contributed by atoms with E-state index in [-0.39, 0.29) is 29.8 Å². The van der Waals surface area contributed by atoms with E-state index in [2.05, 4.69) is 23.7 Å². The molecule has 2 saturated heterocycles. The maximum absolute atomic E-state index is 13.9. The predicted octanol–water partition coefficient (Wildman–Crippen LogP) is 4.66. The number of rotatable bonds is 5. The van der Waals surface area contributed by atoms with Gasteiger partial charge in [0.1, 0.15) is 5.54 Å². The van der Waals surface area contributed by atoms with Gasteiger partial charge in [-0.2, -0.15) is 11.8 Å². The number of nitrogens with zero attached hydrogens (tertiary/aromatic N) is 5. The third kappa shape index (κ3) is 4.45. The molecule has 3 aliphatic rings. The first kappa shape index (κ1) is 26.8. The van der Waals surface area contributed by atoms with Gasteiger partial charge >= 0.3 is 6.03 Å². The molecule has 0 saturated carbocycles. The average molecular weight is 558 g/mol. The fourth-order valence-corrected chi connectivity index (χ4v) is 7.05. The molecule has 0 N–H and O–H groups in total. The van der Waals surface area contributed by atoms with Gasteiger partial charge in [-0.25, -0.2) is 9.69 Å². The molecule has 0 spiro atoms. The molecule has 4 amide bonds. The van der Waals surface area contributed by atoms with Crippen LogP contribution in [0.15, 0.2) is 54.7 Å². The molecule has 9 heteroatoms. The van der Waals surface area contributed by atoms with Gasteiger partial charge in [0.2, 0.25) is 5.91 Å². The molecule has 208 valence electrons. The molecule has 0 atom stereocenters. The van der Waals surface area contributed by atoms with Gasteiger partial charge in [-0.05, 0) is 49.2 Å². The van der Waals surface area contributed by atoms with E-state index < -0.39 is 5.54 Å². The number of fused-ring (bicyclic) bond motifs is 2. The molecule has 0 radical (unpaired) electrons. The first-order chi connectivity index (χ1) is 19.1. The summed E-state index contributed by atoms with van der Waals surface area (Å²) in [7, 11) is 0. The minimum absolute atomic E-state index is 0.0569. The van der Waals surface area contributed by atoms with Crippen molar-refractivity contribution in [2.24, 2.45) is 0 Å². The van der Waals surface area contributed by atoms with E-state index in [1.165, 1.54) is 4.90 Å². The topological polar surface area (TPSA) is 77.1 Å². The lowest BCUT2D eigenvalue weighted by molar-refractivity contribution is -0.123. The second-order valence-electron chi connectivity index (χ2n) is 12.0. The third-order valence-corrected chi connectivity index (χ3v) is 9.41. The second-order valence-corrected chi connectivity index (χ2v) is 13.2. The number of amides is 4. The van der Waals surface area contributed by atoms with Crippen LogP contribution < -0.4 is 9.80 Å². The summed E-state index contributed by atoms with van der Waals surface area (Å²) in [6, 6.07) is 15.0. The SMILES string of the molecule is CC1(C)CN(C(=O)CN2CCSCC2)c2cc(N3C(=O)N(Cc4ccnc5ccccc45)C(C)(C)C3=O)ccc21. The summed E-state index contributed by atoms with van der Waals surface area (Å²) in [5.74, 6) is 1.86. The van der Waals surface area contributed by atoms with Crippen LogP contribution in [0.3, 0.4) is 0 Å². The quantitative estimate of drug-likeness (QED) is 0.425. The van der Waals surface area contributed by atoms with Crippen LogP contribution in [0.1, 0.15) is 38.8 Å². The zero-order chi connectivity index (χ0) is 28.2. The molecule has 6 rings (SSSR count). The van der Waals surface area contributed by atoms with Crippen LogP contribution in [-0.4, -0.2) is 75.9 Å². The van der Waals surface area contributed by atoms with Crippen molar-refractivity contribution in [3.8, 4) is 0 Å². The van der Waals surface area contributed by atoms with Gasteiger partial charge < -0.3 is 9.80 Å². The van der Waals surface area contributed by atoms with E-state index in [0.717, 1.165) is 52.3 Å². The number of hydrogen-bond acceptors (Lipinski definition) is 6. The summed E-state index contributed by atoms with van der Waals surface area (Å²) in [5.41, 5.74) is 2.85. The zero-order valence-corrected chi connectivity index (χ0v) is 24.3. The van der Waals surface area contributed by atoms with Crippen LogP contribution in [0.5, 0.6) is 0 Å². The molecule has 3 aromatic rings. The van der Waals surface area contributed by atoms with Crippen molar-refractivity contribution in [2.45, 2.75) is 45.2 Å². The van der Waals surface area contributed by atoms with Crippen LogP contribution in [0.2, 0.25) is 0 Å². The molecule has 0 bridgehead atoms. The Labute approximate surface area is 239 Å². The summed E-state index contributed by atoms with van der Waals surface area (Å²) in [6.45, 7) is 10.9. The summed E-state index contributed by atoms with van der Waals surface area (Å²) in [6.07, 6.45) is 1.74. The number of urea groups is 1. The van der Waals surface area contributed by atoms with Crippen LogP contribution >= 0.6 is 11.8 Å². The number of thioether (sulfide) groups is 1. The highest BCUT2D eigenvalue weighted by atomic mass is 32.2. The van der Waals surface area contributed by atoms with Crippen LogP contribution in [0.4, 0.5) is 16.2 Å². The summed E-state index contributed by atoms with van der Waals surface area (Å²) in [5, 5.41) is 0.959. The van der Waals surface area contributed by atoms with Gasteiger partial charge in [0.25, 0.3) is 5.91 Å². The highest BCUT2D eigenvalue weighted by Crippen LogP contribution is 2.44. The summed E-state index contributed by atoms with van der Waals surface area (Å²) in [4.78, 5) is 52.6. The van der Waals surface area contributed by atoms with E-state index in [1.807, 2.05) is 65.2 Å². The normalized spacial score (nSPS) is 20.4. The maximum atomic E-state index is 13.9. The Kier molecular flexibility index (Phi) is 6.62. The molecule has 4 heterocycles. The first-order valence-corrected chi connectivity index (χ1v) is 15.0. The third-order valence-electron chi connectivity index (χ3n) is 8.47. The molecular formula is C31H35N5O3S. The Morgan fingerprint density at radius 2 is 1.75 bits per heavy atom. The molecule has 2 aromatic carbocycles. The lowest BCUT2D eigenvalue weighted by Gasteiger charge is -2.28. The fourth-order valence-electron chi connectivity index (χ4n) is 6.07. The largest absolute Gasteiger partial charge is 0.332 e. The van der Waals surface area contributed by atoms with Crippen molar-refractivity contribution in [2.75, 3.05) is 47.5 Å². The molecule has 1 aromatic heterocycles. The number of pyridine rings is 1. The Hall–Kier alpha value is -3.43. The van der Waals surface area contributed by atoms with E-state index in [1.54, 1.807) is 24.9 Å². The summed E-state index contributed by atoms with van der Waals surface area (Å²) < 4.78 is 0. The van der Waals surface area contributed by atoms with E-state index >= 15 is 0 Å². The number of anilines is 2. The van der Waals surface area contributed by atoms with Crippen molar-refractivity contribution >= 4 is 51.9 Å². The number of carbonyl (C=O) groups excluding carboxylic acids is 3. The Bertz CT molecular complexity index is 1510. The number of imide groups is 1. The molecular weight excluding hydrogens is 522 g/mol. The highest BCUT2D eigenvalue weighted by Gasteiger charge is 2.52. The van der Waals surface area contributed by atoms with Crippen molar-refractivity contribution in [1.82, 2.24) is 14.8 Å². The number of aromatic nitrogens is 1. The predicted molar refractivity (Wildman–Crippen MR) is 160 cm³/mol. The molecule has 3 aliphatic heterocycles. The fraction of sp³-hybridized carbons (Fsp3) is 0.419. The number of benzene rings is 2. The number of hydrogen-bond donors (Lipinski definition) is 0. The van der Waals surface area contributed by atoms with Gasteiger partial charge in [0.05, 0.1) is 17.7 Å². The Morgan fingerprint density at radius 1 is 1.00 bits per heavy atom. The minimum Gasteiger partial charge on any atom is -0.310 e. The molecule has 0 aliphatic carbocycles. The average Bonchev–Trinajstić information content (AvgIpc) is 3.30.